The van der Waals surface area contributed by atoms with Crippen LogP contribution in [0.4, 0.5) is 11.4 Å². The summed E-state index contributed by atoms with van der Waals surface area (Å²) in [6, 6.07) is 12.9. The lowest BCUT2D eigenvalue weighted by Crippen LogP contribution is -2.12. The number of nitro groups is 1. The Morgan fingerprint density at radius 3 is 2.52 bits per heavy atom. The molecule has 6 heteroatoms. The Balaban J connectivity index is 2.10. The van der Waals surface area contributed by atoms with Crippen molar-refractivity contribution in [2.24, 2.45) is 5.73 Å². The molecule has 0 atom stereocenters. The van der Waals surface area contributed by atoms with E-state index in [0.717, 1.165) is 12.0 Å². The van der Waals surface area contributed by atoms with Crippen LogP contribution < -0.4 is 11.1 Å². The first-order valence-electron chi connectivity index (χ1n) is 6.45. The van der Waals surface area contributed by atoms with Crippen molar-refractivity contribution in [3.63, 3.8) is 0 Å². The van der Waals surface area contributed by atoms with Gasteiger partial charge in [-0.1, -0.05) is 18.2 Å². The number of anilines is 1. The van der Waals surface area contributed by atoms with Gasteiger partial charge < -0.3 is 11.1 Å². The molecule has 0 radical (unpaired) electrons. The zero-order valence-corrected chi connectivity index (χ0v) is 11.3. The number of nitrogens with two attached hydrogens (primary N) is 1. The number of rotatable bonds is 5. The number of hydrogen-bond acceptors (Lipinski definition) is 4. The normalized spacial score (nSPS) is 10.1. The van der Waals surface area contributed by atoms with Gasteiger partial charge in [-0.05, 0) is 36.7 Å². The summed E-state index contributed by atoms with van der Waals surface area (Å²) in [6.45, 7) is 0.555. The number of carbonyl (C=O) groups is 1. The number of amides is 1. The van der Waals surface area contributed by atoms with Gasteiger partial charge in [0.05, 0.1) is 4.92 Å². The van der Waals surface area contributed by atoms with Gasteiger partial charge in [-0.3, -0.25) is 14.9 Å². The topological polar surface area (TPSA) is 98.3 Å². The molecule has 1 amide bonds. The van der Waals surface area contributed by atoms with Crippen molar-refractivity contribution in [3.05, 3.63) is 69.8 Å². The van der Waals surface area contributed by atoms with E-state index in [0.29, 0.717) is 17.8 Å². The number of benzene rings is 2. The highest BCUT2D eigenvalue weighted by Gasteiger charge is 2.09. The minimum atomic E-state index is -0.503. The zero-order valence-electron chi connectivity index (χ0n) is 11.3. The summed E-state index contributed by atoms with van der Waals surface area (Å²) < 4.78 is 0. The fraction of sp³-hybridized carbons (Fsp3) is 0.133. The van der Waals surface area contributed by atoms with E-state index in [-0.39, 0.29) is 11.6 Å². The molecule has 3 N–H and O–H groups in total. The molecule has 2 rings (SSSR count). The van der Waals surface area contributed by atoms with Gasteiger partial charge in [-0.15, -0.1) is 0 Å². The number of nitrogens with one attached hydrogen (secondary N) is 1. The average molecular weight is 285 g/mol. The standard InChI is InChI=1S/C15H15N3O3/c16-9-8-11-4-6-12(7-5-11)15(19)17-13-2-1-3-14(10-13)18(20)21/h1-7,10H,8-9,16H2,(H,17,19). The largest absolute Gasteiger partial charge is 0.330 e. The maximum absolute atomic E-state index is 12.1. The van der Waals surface area contributed by atoms with Crippen molar-refractivity contribution >= 4 is 17.3 Å². The third-order valence-corrected chi connectivity index (χ3v) is 2.96. The smallest absolute Gasteiger partial charge is 0.271 e. The lowest BCUT2D eigenvalue weighted by Gasteiger charge is -2.06. The summed E-state index contributed by atoms with van der Waals surface area (Å²) in [5.74, 6) is -0.310. The summed E-state index contributed by atoms with van der Waals surface area (Å²) >= 11 is 0. The first-order valence-corrected chi connectivity index (χ1v) is 6.45. The lowest BCUT2D eigenvalue weighted by molar-refractivity contribution is -0.384. The fourth-order valence-corrected chi connectivity index (χ4v) is 1.89. The molecule has 0 aliphatic heterocycles. The Morgan fingerprint density at radius 1 is 1.19 bits per heavy atom. The van der Waals surface area contributed by atoms with Crippen LogP contribution in [-0.4, -0.2) is 17.4 Å². The molecular weight excluding hydrogens is 270 g/mol. The summed E-state index contributed by atoms with van der Waals surface area (Å²) in [6.07, 6.45) is 0.757. The summed E-state index contributed by atoms with van der Waals surface area (Å²) in [4.78, 5) is 22.2. The van der Waals surface area contributed by atoms with Crippen LogP contribution in [0, 0.1) is 10.1 Å². The fourth-order valence-electron chi connectivity index (χ4n) is 1.89. The van der Waals surface area contributed by atoms with Crippen LogP contribution in [0.1, 0.15) is 15.9 Å². The van der Waals surface area contributed by atoms with Crippen molar-refractivity contribution in [2.75, 3.05) is 11.9 Å². The van der Waals surface area contributed by atoms with Crippen molar-refractivity contribution in [2.45, 2.75) is 6.42 Å². The van der Waals surface area contributed by atoms with Crippen LogP contribution >= 0.6 is 0 Å². The van der Waals surface area contributed by atoms with Gasteiger partial charge in [0.1, 0.15) is 0 Å². The van der Waals surface area contributed by atoms with Crippen LogP contribution in [-0.2, 0) is 6.42 Å². The van der Waals surface area contributed by atoms with Gasteiger partial charge in [0.2, 0.25) is 0 Å². The predicted octanol–water partition coefficient (Wildman–Crippen LogP) is 2.35. The zero-order chi connectivity index (χ0) is 15.2. The van der Waals surface area contributed by atoms with Crippen LogP contribution in [0.2, 0.25) is 0 Å². The summed E-state index contributed by atoms with van der Waals surface area (Å²) in [5, 5.41) is 13.3. The lowest BCUT2D eigenvalue weighted by atomic mass is 10.1. The second-order valence-corrected chi connectivity index (χ2v) is 4.50. The maximum atomic E-state index is 12.1. The third-order valence-electron chi connectivity index (χ3n) is 2.96. The molecule has 0 bridgehead atoms. The number of hydrogen-bond donors (Lipinski definition) is 2. The van der Waals surface area contributed by atoms with Crippen molar-refractivity contribution < 1.29 is 9.72 Å². The van der Waals surface area contributed by atoms with E-state index in [1.165, 1.54) is 18.2 Å². The summed E-state index contributed by atoms with van der Waals surface area (Å²) in [5.41, 5.74) is 7.34. The molecule has 2 aromatic carbocycles. The molecule has 6 nitrogen and oxygen atoms in total. The highest BCUT2D eigenvalue weighted by molar-refractivity contribution is 6.04. The Labute approximate surface area is 121 Å². The van der Waals surface area contributed by atoms with E-state index in [4.69, 9.17) is 5.73 Å². The van der Waals surface area contributed by atoms with Gasteiger partial charge in [-0.2, -0.15) is 0 Å². The van der Waals surface area contributed by atoms with Gasteiger partial charge >= 0.3 is 0 Å². The molecule has 21 heavy (non-hydrogen) atoms. The predicted molar refractivity (Wildman–Crippen MR) is 80.3 cm³/mol. The van der Waals surface area contributed by atoms with Crippen molar-refractivity contribution in [1.29, 1.82) is 0 Å². The highest BCUT2D eigenvalue weighted by Crippen LogP contribution is 2.18. The van der Waals surface area contributed by atoms with Gasteiger partial charge in [-0.25, -0.2) is 0 Å². The average Bonchev–Trinajstić information content (AvgIpc) is 2.48. The van der Waals surface area contributed by atoms with E-state index in [1.807, 2.05) is 12.1 Å². The van der Waals surface area contributed by atoms with E-state index < -0.39 is 4.92 Å². The monoisotopic (exact) mass is 285 g/mol. The van der Waals surface area contributed by atoms with E-state index in [9.17, 15) is 14.9 Å². The molecule has 0 aliphatic carbocycles. The first kappa shape index (κ1) is 14.7. The molecular formula is C15H15N3O3. The van der Waals surface area contributed by atoms with Crippen LogP contribution in [0.25, 0.3) is 0 Å². The molecule has 0 heterocycles. The van der Waals surface area contributed by atoms with Crippen molar-refractivity contribution in [3.8, 4) is 0 Å². The Morgan fingerprint density at radius 2 is 1.90 bits per heavy atom. The molecule has 0 aliphatic rings. The van der Waals surface area contributed by atoms with Gasteiger partial charge in [0, 0.05) is 23.4 Å². The molecule has 2 aromatic rings. The maximum Gasteiger partial charge on any atom is 0.271 e. The molecule has 0 saturated heterocycles. The minimum absolute atomic E-state index is 0.0638. The molecule has 108 valence electrons. The van der Waals surface area contributed by atoms with Crippen LogP contribution in [0.3, 0.4) is 0 Å². The quantitative estimate of drug-likeness (QED) is 0.650. The molecule has 0 fully saturated rings. The van der Waals surface area contributed by atoms with E-state index in [2.05, 4.69) is 5.32 Å². The second kappa shape index (κ2) is 6.62. The number of nitro benzene ring substituents is 1. The summed E-state index contributed by atoms with van der Waals surface area (Å²) in [7, 11) is 0. The van der Waals surface area contributed by atoms with E-state index in [1.54, 1.807) is 18.2 Å². The van der Waals surface area contributed by atoms with Gasteiger partial charge in [0.15, 0.2) is 0 Å². The third kappa shape index (κ3) is 3.87. The Hall–Kier alpha value is -2.73. The molecule has 0 spiro atoms. The number of carbonyl (C=O) groups excluding carboxylic acids is 1. The van der Waals surface area contributed by atoms with Crippen molar-refractivity contribution in [1.82, 2.24) is 0 Å². The van der Waals surface area contributed by atoms with E-state index >= 15 is 0 Å². The number of non-ortho nitro benzene ring substituents is 1. The SMILES string of the molecule is NCCc1ccc(C(=O)Nc2cccc([N+](=O)[O-])c2)cc1. The number of nitrogens with zero attached hydrogens (tertiary/aromatic N) is 1. The molecule has 0 aromatic heterocycles. The minimum Gasteiger partial charge on any atom is -0.330 e. The highest BCUT2D eigenvalue weighted by atomic mass is 16.6. The molecule has 0 saturated carbocycles. The van der Waals surface area contributed by atoms with Crippen LogP contribution in [0.15, 0.2) is 48.5 Å². The Kier molecular flexibility index (Phi) is 4.63. The van der Waals surface area contributed by atoms with Gasteiger partial charge in [0.25, 0.3) is 11.6 Å². The Bertz CT molecular complexity index is 653. The first-order chi connectivity index (χ1) is 10.1. The second-order valence-electron chi connectivity index (χ2n) is 4.50. The molecule has 0 unspecified atom stereocenters. The van der Waals surface area contributed by atoms with Crippen LogP contribution in [0.5, 0.6) is 0 Å².